The molecule has 0 fully saturated rings. The number of fused-ring (bicyclic) bond motifs is 3. The van der Waals surface area contributed by atoms with E-state index in [1.54, 1.807) is 0 Å². The molecule has 0 saturated carbocycles. The molecule has 4 heteroatoms. The van der Waals surface area contributed by atoms with Gasteiger partial charge < -0.3 is 4.74 Å². The van der Waals surface area contributed by atoms with Crippen molar-refractivity contribution in [3.63, 3.8) is 0 Å². The summed E-state index contributed by atoms with van der Waals surface area (Å²) >= 11 is 3.49. The molecule has 0 saturated heterocycles. The molecule has 2 aliphatic heterocycles. The van der Waals surface area contributed by atoms with Crippen LogP contribution in [0.2, 0.25) is 0 Å². The number of nitrogens with zero attached hydrogens (tertiary/aromatic N) is 2. The SMILES string of the molecule is CC[C@@H]1Oc2ccccc2[C@@H]2CC(c3ccc(Br)cc3)=NN12. The van der Waals surface area contributed by atoms with Crippen molar-refractivity contribution >= 4 is 21.6 Å². The molecule has 3 nitrogen and oxygen atoms in total. The van der Waals surface area contributed by atoms with Crippen LogP contribution in [0.4, 0.5) is 0 Å². The van der Waals surface area contributed by atoms with E-state index in [1.165, 1.54) is 11.1 Å². The maximum absolute atomic E-state index is 6.11. The summed E-state index contributed by atoms with van der Waals surface area (Å²) in [6, 6.07) is 17.0. The number of hydrogen-bond donors (Lipinski definition) is 0. The molecule has 2 aromatic carbocycles. The molecule has 22 heavy (non-hydrogen) atoms. The minimum absolute atomic E-state index is 0.0212. The quantitative estimate of drug-likeness (QED) is 0.776. The molecule has 0 N–H and O–H groups in total. The predicted octanol–water partition coefficient (Wildman–Crippen LogP) is 4.73. The number of halogens is 1. The van der Waals surface area contributed by atoms with Crippen molar-refractivity contribution in [3.8, 4) is 5.75 Å². The Balaban J connectivity index is 1.72. The molecule has 2 aromatic rings. The summed E-state index contributed by atoms with van der Waals surface area (Å²) < 4.78 is 7.20. The Bertz CT molecular complexity index is 726. The first-order valence-corrected chi connectivity index (χ1v) is 8.43. The molecule has 2 atom stereocenters. The number of para-hydroxylation sites is 1. The molecule has 4 rings (SSSR count). The minimum atomic E-state index is 0.0212. The predicted molar refractivity (Wildman–Crippen MR) is 91.0 cm³/mol. The first-order chi connectivity index (χ1) is 10.8. The Morgan fingerprint density at radius 1 is 1.18 bits per heavy atom. The van der Waals surface area contributed by atoms with Crippen LogP contribution in [0.25, 0.3) is 0 Å². The van der Waals surface area contributed by atoms with Crippen molar-refractivity contribution in [3.05, 3.63) is 64.1 Å². The van der Waals surface area contributed by atoms with Gasteiger partial charge in [-0.15, -0.1) is 0 Å². The Kier molecular flexibility index (Phi) is 3.41. The van der Waals surface area contributed by atoms with E-state index in [1.807, 2.05) is 6.07 Å². The van der Waals surface area contributed by atoms with Crippen molar-refractivity contribution in [1.82, 2.24) is 5.01 Å². The molecule has 0 unspecified atom stereocenters. The molecule has 0 radical (unpaired) electrons. The lowest BCUT2D eigenvalue weighted by atomic mass is 9.96. The van der Waals surface area contributed by atoms with Crippen molar-refractivity contribution in [1.29, 1.82) is 0 Å². The molecule has 0 spiro atoms. The zero-order valence-corrected chi connectivity index (χ0v) is 14.0. The van der Waals surface area contributed by atoms with E-state index in [2.05, 4.69) is 70.3 Å². The van der Waals surface area contributed by atoms with Gasteiger partial charge >= 0.3 is 0 Å². The lowest BCUT2D eigenvalue weighted by Gasteiger charge is -2.37. The van der Waals surface area contributed by atoms with Gasteiger partial charge in [0.1, 0.15) is 5.75 Å². The van der Waals surface area contributed by atoms with Gasteiger partial charge in [0.2, 0.25) is 0 Å². The van der Waals surface area contributed by atoms with Gasteiger partial charge in [0.15, 0.2) is 6.23 Å². The average molecular weight is 357 g/mol. The minimum Gasteiger partial charge on any atom is -0.469 e. The van der Waals surface area contributed by atoms with Crippen molar-refractivity contribution in [2.45, 2.75) is 32.0 Å². The summed E-state index contributed by atoms with van der Waals surface area (Å²) in [6.45, 7) is 2.14. The molecule has 0 amide bonds. The zero-order chi connectivity index (χ0) is 15.1. The highest BCUT2D eigenvalue weighted by molar-refractivity contribution is 9.10. The molecular weight excluding hydrogens is 340 g/mol. The Hall–Kier alpha value is -1.81. The second-order valence-electron chi connectivity index (χ2n) is 5.67. The summed E-state index contributed by atoms with van der Waals surface area (Å²) in [5.74, 6) is 1.00. The van der Waals surface area contributed by atoms with Crippen LogP contribution >= 0.6 is 15.9 Å². The van der Waals surface area contributed by atoms with Crippen molar-refractivity contribution in [2.24, 2.45) is 5.10 Å². The smallest absolute Gasteiger partial charge is 0.187 e. The fourth-order valence-corrected chi connectivity index (χ4v) is 3.46. The highest BCUT2D eigenvalue weighted by Crippen LogP contribution is 2.43. The highest BCUT2D eigenvalue weighted by atomic mass is 79.9. The summed E-state index contributed by atoms with van der Waals surface area (Å²) in [5, 5.41) is 7.01. The third-order valence-corrected chi connectivity index (χ3v) is 4.83. The van der Waals surface area contributed by atoms with Gasteiger partial charge in [-0.05, 0) is 23.8 Å². The second-order valence-corrected chi connectivity index (χ2v) is 6.59. The van der Waals surface area contributed by atoms with E-state index < -0.39 is 0 Å². The maximum atomic E-state index is 6.11. The lowest BCUT2D eigenvalue weighted by Crippen LogP contribution is -2.39. The van der Waals surface area contributed by atoms with Crippen LogP contribution in [0.3, 0.4) is 0 Å². The summed E-state index contributed by atoms with van der Waals surface area (Å²) in [4.78, 5) is 0. The van der Waals surface area contributed by atoms with Gasteiger partial charge in [0.25, 0.3) is 0 Å². The van der Waals surface area contributed by atoms with Crippen molar-refractivity contribution in [2.75, 3.05) is 0 Å². The Labute approximate surface area is 138 Å². The molecule has 2 aliphatic rings. The molecular formula is C18H17BrN2O. The van der Waals surface area contributed by atoms with E-state index in [0.717, 1.165) is 28.8 Å². The molecule has 112 valence electrons. The van der Waals surface area contributed by atoms with Gasteiger partial charge in [0, 0.05) is 22.9 Å². The van der Waals surface area contributed by atoms with E-state index in [4.69, 9.17) is 9.84 Å². The van der Waals surface area contributed by atoms with Crippen LogP contribution in [-0.4, -0.2) is 16.9 Å². The molecule has 0 bridgehead atoms. The van der Waals surface area contributed by atoms with Gasteiger partial charge in [-0.2, -0.15) is 5.10 Å². The third-order valence-electron chi connectivity index (χ3n) is 4.30. The fraction of sp³-hybridized carbons (Fsp3) is 0.278. The normalized spacial score (nSPS) is 22.6. The van der Waals surface area contributed by atoms with Gasteiger partial charge in [-0.25, -0.2) is 0 Å². The number of rotatable bonds is 2. The second kappa shape index (κ2) is 5.43. The van der Waals surface area contributed by atoms with E-state index >= 15 is 0 Å². The van der Waals surface area contributed by atoms with Crippen molar-refractivity contribution < 1.29 is 4.74 Å². The molecule has 0 aromatic heterocycles. The molecule has 2 heterocycles. The van der Waals surface area contributed by atoms with Crippen LogP contribution in [-0.2, 0) is 0 Å². The Morgan fingerprint density at radius 3 is 2.73 bits per heavy atom. The Morgan fingerprint density at radius 2 is 1.95 bits per heavy atom. The first kappa shape index (κ1) is 13.8. The van der Waals surface area contributed by atoms with E-state index in [9.17, 15) is 0 Å². The lowest BCUT2D eigenvalue weighted by molar-refractivity contribution is -0.0188. The number of ether oxygens (including phenoxy) is 1. The largest absolute Gasteiger partial charge is 0.469 e. The fourth-order valence-electron chi connectivity index (χ4n) is 3.20. The summed E-state index contributed by atoms with van der Waals surface area (Å²) in [7, 11) is 0. The van der Waals surface area contributed by atoms with Gasteiger partial charge in [0.05, 0.1) is 11.8 Å². The van der Waals surface area contributed by atoms with E-state index in [0.29, 0.717) is 0 Å². The third kappa shape index (κ3) is 2.22. The summed E-state index contributed by atoms with van der Waals surface area (Å²) in [6.07, 6.45) is 1.87. The molecule has 0 aliphatic carbocycles. The number of hydrazone groups is 1. The summed E-state index contributed by atoms with van der Waals surface area (Å²) in [5.41, 5.74) is 3.56. The highest BCUT2D eigenvalue weighted by Gasteiger charge is 2.39. The van der Waals surface area contributed by atoms with Crippen LogP contribution in [0.1, 0.15) is 36.9 Å². The standard InChI is InChI=1S/C18H17BrN2O/c1-2-18-21-16(14-5-3-4-6-17(14)22-18)11-15(20-21)12-7-9-13(19)10-8-12/h3-10,16,18H,2,11H2,1H3/t16-,18-/m0/s1. The van der Waals surface area contributed by atoms with E-state index in [-0.39, 0.29) is 12.3 Å². The monoisotopic (exact) mass is 356 g/mol. The number of benzene rings is 2. The maximum Gasteiger partial charge on any atom is 0.187 e. The van der Waals surface area contributed by atoms with Crippen LogP contribution in [0, 0.1) is 0 Å². The van der Waals surface area contributed by atoms with Crippen LogP contribution in [0.5, 0.6) is 5.75 Å². The van der Waals surface area contributed by atoms with Crippen LogP contribution < -0.4 is 4.74 Å². The number of hydrogen-bond acceptors (Lipinski definition) is 3. The first-order valence-electron chi connectivity index (χ1n) is 7.63. The zero-order valence-electron chi connectivity index (χ0n) is 12.4. The van der Waals surface area contributed by atoms with Gasteiger partial charge in [-0.3, -0.25) is 5.01 Å². The van der Waals surface area contributed by atoms with Crippen LogP contribution in [0.15, 0.2) is 58.1 Å². The van der Waals surface area contributed by atoms with Gasteiger partial charge in [-0.1, -0.05) is 53.2 Å². The topological polar surface area (TPSA) is 24.8 Å². The average Bonchev–Trinajstić information content (AvgIpc) is 3.00.